The standard InChI is InChI=1S/C10H12N2/c1-2-10(4-5-10)6-9-12-8-3-7-11-12/h1,3,7-8H,4-6,9H2. The number of hydrogen-bond acceptors (Lipinski definition) is 1. The molecule has 0 bridgehead atoms. The van der Waals surface area contributed by atoms with Gasteiger partial charge in [0.2, 0.25) is 0 Å². The van der Waals surface area contributed by atoms with E-state index in [1.54, 1.807) is 6.20 Å². The number of terminal acetylenes is 1. The molecule has 1 aromatic heterocycles. The summed E-state index contributed by atoms with van der Waals surface area (Å²) in [7, 11) is 0. The molecule has 0 unspecified atom stereocenters. The molecule has 0 N–H and O–H groups in total. The highest BCUT2D eigenvalue weighted by Gasteiger charge is 2.40. The highest BCUT2D eigenvalue weighted by molar-refractivity contribution is 5.14. The van der Waals surface area contributed by atoms with Crippen molar-refractivity contribution < 1.29 is 0 Å². The Bertz CT molecular complexity index is 288. The number of rotatable bonds is 3. The molecule has 2 heteroatoms. The van der Waals surface area contributed by atoms with Gasteiger partial charge in [0.05, 0.1) is 0 Å². The lowest BCUT2D eigenvalue weighted by Crippen LogP contribution is -2.05. The van der Waals surface area contributed by atoms with E-state index in [0.717, 1.165) is 13.0 Å². The van der Waals surface area contributed by atoms with Crippen LogP contribution in [0.4, 0.5) is 0 Å². The van der Waals surface area contributed by atoms with E-state index in [1.807, 2.05) is 16.9 Å². The zero-order valence-electron chi connectivity index (χ0n) is 7.03. The second-order valence-corrected chi connectivity index (χ2v) is 3.44. The van der Waals surface area contributed by atoms with Gasteiger partial charge in [-0.25, -0.2) is 0 Å². The molecule has 1 saturated carbocycles. The minimum absolute atomic E-state index is 0.228. The van der Waals surface area contributed by atoms with Gasteiger partial charge in [-0.3, -0.25) is 4.68 Å². The van der Waals surface area contributed by atoms with Crippen LogP contribution in [0.15, 0.2) is 18.5 Å². The fraction of sp³-hybridized carbons (Fsp3) is 0.500. The monoisotopic (exact) mass is 160 g/mol. The molecule has 0 amide bonds. The molecular weight excluding hydrogens is 148 g/mol. The average molecular weight is 160 g/mol. The van der Waals surface area contributed by atoms with Gasteiger partial charge in [0.15, 0.2) is 0 Å². The van der Waals surface area contributed by atoms with Crippen LogP contribution < -0.4 is 0 Å². The smallest absolute Gasteiger partial charge is 0.0489 e. The summed E-state index contributed by atoms with van der Waals surface area (Å²) >= 11 is 0. The minimum atomic E-state index is 0.228. The lowest BCUT2D eigenvalue weighted by molar-refractivity contribution is 0.493. The lowest BCUT2D eigenvalue weighted by Gasteiger charge is -2.06. The molecule has 2 rings (SSSR count). The molecule has 0 radical (unpaired) electrons. The van der Waals surface area contributed by atoms with Gasteiger partial charge in [-0.2, -0.15) is 5.10 Å². The largest absolute Gasteiger partial charge is 0.273 e. The topological polar surface area (TPSA) is 17.8 Å². The van der Waals surface area contributed by atoms with Gasteiger partial charge in [0.25, 0.3) is 0 Å². The number of aryl methyl sites for hydroxylation is 1. The SMILES string of the molecule is C#CC1(CCn2cccn2)CC1. The van der Waals surface area contributed by atoms with Gasteiger partial charge in [-0.15, -0.1) is 6.42 Å². The number of nitrogens with zero attached hydrogens (tertiary/aromatic N) is 2. The Labute approximate surface area is 72.6 Å². The van der Waals surface area contributed by atoms with Crippen molar-refractivity contribution in [3.63, 3.8) is 0 Å². The zero-order valence-corrected chi connectivity index (χ0v) is 7.03. The van der Waals surface area contributed by atoms with Crippen LogP contribution in [0.2, 0.25) is 0 Å². The molecule has 12 heavy (non-hydrogen) atoms. The maximum Gasteiger partial charge on any atom is 0.0489 e. The molecule has 0 aromatic carbocycles. The fourth-order valence-corrected chi connectivity index (χ4v) is 1.38. The Morgan fingerprint density at radius 3 is 2.92 bits per heavy atom. The zero-order chi connectivity index (χ0) is 8.44. The molecule has 0 saturated heterocycles. The second-order valence-electron chi connectivity index (χ2n) is 3.44. The first-order valence-corrected chi connectivity index (χ1v) is 4.30. The van der Waals surface area contributed by atoms with Crippen molar-refractivity contribution in [1.82, 2.24) is 9.78 Å². The van der Waals surface area contributed by atoms with Crippen LogP contribution in [-0.4, -0.2) is 9.78 Å². The highest BCUT2D eigenvalue weighted by atomic mass is 15.3. The first-order valence-electron chi connectivity index (χ1n) is 4.30. The van der Waals surface area contributed by atoms with E-state index in [2.05, 4.69) is 11.0 Å². The summed E-state index contributed by atoms with van der Waals surface area (Å²) in [6.45, 7) is 0.956. The van der Waals surface area contributed by atoms with Crippen molar-refractivity contribution in [2.75, 3.05) is 0 Å². The average Bonchev–Trinajstić information content (AvgIpc) is 2.70. The first-order chi connectivity index (χ1) is 5.85. The van der Waals surface area contributed by atoms with Crippen molar-refractivity contribution in [3.05, 3.63) is 18.5 Å². The van der Waals surface area contributed by atoms with Crippen LogP contribution in [0.3, 0.4) is 0 Å². The van der Waals surface area contributed by atoms with E-state index in [0.29, 0.717) is 0 Å². The lowest BCUT2D eigenvalue weighted by atomic mass is 10.0. The molecule has 1 heterocycles. The van der Waals surface area contributed by atoms with E-state index in [4.69, 9.17) is 6.42 Å². The maximum absolute atomic E-state index is 5.43. The Hall–Kier alpha value is -1.23. The van der Waals surface area contributed by atoms with Gasteiger partial charge in [0, 0.05) is 24.4 Å². The molecule has 0 aliphatic heterocycles. The van der Waals surface area contributed by atoms with E-state index in [1.165, 1.54) is 12.8 Å². The van der Waals surface area contributed by atoms with Crippen molar-refractivity contribution in [2.45, 2.75) is 25.8 Å². The Morgan fingerprint density at radius 2 is 2.42 bits per heavy atom. The predicted molar refractivity (Wildman–Crippen MR) is 47.3 cm³/mol. The van der Waals surface area contributed by atoms with Crippen molar-refractivity contribution in [3.8, 4) is 12.3 Å². The number of aromatic nitrogens is 2. The summed E-state index contributed by atoms with van der Waals surface area (Å²) in [6, 6.07) is 1.94. The molecule has 2 nitrogen and oxygen atoms in total. The summed E-state index contributed by atoms with van der Waals surface area (Å²) in [6.07, 6.45) is 12.7. The minimum Gasteiger partial charge on any atom is -0.273 e. The van der Waals surface area contributed by atoms with Gasteiger partial charge in [0.1, 0.15) is 0 Å². The third-order valence-electron chi connectivity index (χ3n) is 2.54. The molecule has 62 valence electrons. The second kappa shape index (κ2) is 2.67. The summed E-state index contributed by atoms with van der Waals surface area (Å²) in [5.41, 5.74) is 0.228. The van der Waals surface area contributed by atoms with Crippen LogP contribution >= 0.6 is 0 Å². The molecule has 1 aliphatic carbocycles. The van der Waals surface area contributed by atoms with Crippen molar-refractivity contribution in [2.24, 2.45) is 5.41 Å². The van der Waals surface area contributed by atoms with E-state index >= 15 is 0 Å². The number of hydrogen-bond donors (Lipinski definition) is 0. The fourth-order valence-electron chi connectivity index (χ4n) is 1.38. The molecule has 0 atom stereocenters. The molecule has 0 spiro atoms. The Balaban J connectivity index is 1.88. The van der Waals surface area contributed by atoms with Crippen LogP contribution in [0.1, 0.15) is 19.3 Å². The van der Waals surface area contributed by atoms with Crippen molar-refractivity contribution >= 4 is 0 Å². The van der Waals surface area contributed by atoms with Gasteiger partial charge in [-0.1, -0.05) is 5.92 Å². The van der Waals surface area contributed by atoms with Crippen LogP contribution in [0.25, 0.3) is 0 Å². The molecule has 1 aromatic rings. The Morgan fingerprint density at radius 1 is 1.58 bits per heavy atom. The normalized spacial score (nSPS) is 18.6. The summed E-state index contributed by atoms with van der Waals surface area (Å²) in [5, 5.41) is 4.13. The Kier molecular flexibility index (Phi) is 1.65. The van der Waals surface area contributed by atoms with Gasteiger partial charge in [-0.05, 0) is 25.3 Å². The molecule has 1 fully saturated rings. The van der Waals surface area contributed by atoms with E-state index in [9.17, 15) is 0 Å². The quantitative estimate of drug-likeness (QED) is 0.615. The van der Waals surface area contributed by atoms with Gasteiger partial charge >= 0.3 is 0 Å². The summed E-state index contributed by atoms with van der Waals surface area (Å²) in [5.74, 6) is 2.87. The molecular formula is C10H12N2. The highest BCUT2D eigenvalue weighted by Crippen LogP contribution is 2.48. The van der Waals surface area contributed by atoms with Gasteiger partial charge < -0.3 is 0 Å². The maximum atomic E-state index is 5.43. The summed E-state index contributed by atoms with van der Waals surface area (Å²) in [4.78, 5) is 0. The third kappa shape index (κ3) is 1.35. The molecule has 1 aliphatic rings. The van der Waals surface area contributed by atoms with Crippen LogP contribution in [-0.2, 0) is 6.54 Å². The van der Waals surface area contributed by atoms with Crippen molar-refractivity contribution in [1.29, 1.82) is 0 Å². The van der Waals surface area contributed by atoms with E-state index in [-0.39, 0.29) is 5.41 Å². The first kappa shape index (κ1) is 7.42. The van der Waals surface area contributed by atoms with E-state index < -0.39 is 0 Å². The van der Waals surface area contributed by atoms with Crippen LogP contribution in [0, 0.1) is 17.8 Å². The third-order valence-corrected chi connectivity index (χ3v) is 2.54. The predicted octanol–water partition coefficient (Wildman–Crippen LogP) is 1.69. The summed E-state index contributed by atoms with van der Waals surface area (Å²) < 4.78 is 1.94. The van der Waals surface area contributed by atoms with Crippen LogP contribution in [0.5, 0.6) is 0 Å².